The van der Waals surface area contributed by atoms with Crippen molar-refractivity contribution >= 4 is 32.5 Å². The number of piperazine rings is 1. The monoisotopic (exact) mass is 486 g/mol. The first-order valence-electron chi connectivity index (χ1n) is 11.4. The zero-order chi connectivity index (χ0) is 23.9. The van der Waals surface area contributed by atoms with Gasteiger partial charge in [-0.25, -0.2) is 17.8 Å². The number of piperidine rings is 1. The zero-order valence-corrected chi connectivity index (χ0v) is 19.8. The molecule has 2 aliphatic heterocycles. The summed E-state index contributed by atoms with van der Waals surface area (Å²) in [6.07, 6.45) is 6.04. The molecule has 0 aliphatic carbocycles. The maximum atomic E-state index is 13.6. The Balaban J connectivity index is 1.25. The van der Waals surface area contributed by atoms with E-state index in [9.17, 15) is 17.6 Å². The smallest absolute Gasteiger partial charge is 0.277 e. The van der Waals surface area contributed by atoms with Crippen molar-refractivity contribution in [3.8, 4) is 0 Å². The minimum absolute atomic E-state index is 0.000970. The predicted molar refractivity (Wildman–Crippen MR) is 125 cm³/mol. The molecular weight excluding hydrogens is 459 g/mol. The molecule has 1 aromatic carbocycles. The molecule has 0 spiro atoms. The molecule has 2 aromatic heterocycles. The van der Waals surface area contributed by atoms with Gasteiger partial charge in [0.25, 0.3) is 10.0 Å². The van der Waals surface area contributed by atoms with Crippen LogP contribution in [0.3, 0.4) is 0 Å². The molecular formula is C23H27FN6O3S. The van der Waals surface area contributed by atoms with Crippen molar-refractivity contribution in [2.75, 3.05) is 44.2 Å². The molecule has 2 fully saturated rings. The number of fused-ring (bicyclic) bond motifs is 1. The number of nitrogens with zero attached hydrogens (tertiary/aromatic N) is 6. The number of sulfonamides is 1. The van der Waals surface area contributed by atoms with Crippen LogP contribution in [0, 0.1) is 11.7 Å². The molecule has 5 rings (SSSR count). The summed E-state index contributed by atoms with van der Waals surface area (Å²) in [6.45, 7) is 2.95. The average Bonchev–Trinajstić information content (AvgIpc) is 3.30. The van der Waals surface area contributed by atoms with Crippen molar-refractivity contribution in [2.24, 2.45) is 13.0 Å². The summed E-state index contributed by atoms with van der Waals surface area (Å²) < 4.78 is 42.5. The minimum atomic E-state index is -3.74. The number of benzene rings is 1. The van der Waals surface area contributed by atoms with E-state index >= 15 is 0 Å². The molecule has 180 valence electrons. The van der Waals surface area contributed by atoms with Gasteiger partial charge in [0, 0.05) is 82.0 Å². The van der Waals surface area contributed by atoms with Gasteiger partial charge in [-0.05, 0) is 31.0 Å². The van der Waals surface area contributed by atoms with Crippen molar-refractivity contribution in [1.29, 1.82) is 0 Å². The van der Waals surface area contributed by atoms with Crippen LogP contribution in [0.1, 0.15) is 12.8 Å². The Labute approximate surface area is 197 Å². The summed E-state index contributed by atoms with van der Waals surface area (Å²) in [7, 11) is -2.09. The molecule has 0 radical (unpaired) electrons. The molecule has 34 heavy (non-hydrogen) atoms. The van der Waals surface area contributed by atoms with Crippen molar-refractivity contribution in [3.05, 3.63) is 48.7 Å². The normalized spacial score (nSPS) is 20.1. The second kappa shape index (κ2) is 8.95. The number of hydrogen-bond acceptors (Lipinski definition) is 6. The number of carbonyl (C=O) groups excluding carboxylic acids is 1. The molecule has 0 saturated carbocycles. The predicted octanol–water partition coefficient (Wildman–Crippen LogP) is 1.86. The van der Waals surface area contributed by atoms with Gasteiger partial charge in [0.15, 0.2) is 0 Å². The lowest BCUT2D eigenvalue weighted by Crippen LogP contribution is -2.53. The lowest BCUT2D eigenvalue weighted by molar-refractivity contribution is -0.137. The third kappa shape index (κ3) is 4.14. The molecule has 1 atom stereocenters. The highest BCUT2D eigenvalue weighted by atomic mass is 32.2. The lowest BCUT2D eigenvalue weighted by atomic mass is 9.97. The molecule has 0 bridgehead atoms. The van der Waals surface area contributed by atoms with Crippen molar-refractivity contribution in [2.45, 2.75) is 18.0 Å². The van der Waals surface area contributed by atoms with Crippen LogP contribution in [-0.2, 0) is 21.9 Å². The molecule has 2 aliphatic rings. The lowest BCUT2D eigenvalue weighted by Gasteiger charge is -2.39. The van der Waals surface area contributed by atoms with Crippen LogP contribution in [0.5, 0.6) is 0 Å². The number of amides is 1. The Morgan fingerprint density at radius 3 is 2.59 bits per heavy atom. The van der Waals surface area contributed by atoms with E-state index in [0.29, 0.717) is 51.1 Å². The van der Waals surface area contributed by atoms with Gasteiger partial charge in [0.1, 0.15) is 5.82 Å². The summed E-state index contributed by atoms with van der Waals surface area (Å²) >= 11 is 0. The SMILES string of the molecule is Cn1ccnc1S(=O)(=O)N1CCCC(C(=O)N2CCN(c3ccnc4cc(F)ccc34)CC2)C1. The zero-order valence-electron chi connectivity index (χ0n) is 19.0. The topological polar surface area (TPSA) is 91.6 Å². The molecule has 3 aromatic rings. The van der Waals surface area contributed by atoms with Gasteiger partial charge in [-0.3, -0.25) is 9.78 Å². The molecule has 0 N–H and O–H groups in total. The van der Waals surface area contributed by atoms with Crippen LogP contribution in [0.15, 0.2) is 48.0 Å². The van der Waals surface area contributed by atoms with E-state index in [1.165, 1.54) is 27.2 Å². The Bertz CT molecular complexity index is 1320. The van der Waals surface area contributed by atoms with Crippen LogP contribution < -0.4 is 4.90 Å². The van der Waals surface area contributed by atoms with Crippen LogP contribution in [-0.4, -0.2) is 77.3 Å². The maximum Gasteiger partial charge on any atom is 0.277 e. The van der Waals surface area contributed by atoms with Crippen molar-refractivity contribution in [3.63, 3.8) is 0 Å². The van der Waals surface area contributed by atoms with Gasteiger partial charge in [0.05, 0.1) is 11.4 Å². The second-order valence-corrected chi connectivity index (χ2v) is 10.7. The molecule has 1 amide bonds. The number of aryl methyl sites for hydroxylation is 1. The fraction of sp³-hybridized carbons (Fsp3) is 0.435. The number of carbonyl (C=O) groups is 1. The number of anilines is 1. The first-order chi connectivity index (χ1) is 16.3. The van der Waals surface area contributed by atoms with E-state index in [-0.39, 0.29) is 29.3 Å². The molecule has 4 heterocycles. The van der Waals surface area contributed by atoms with Crippen LogP contribution in [0.4, 0.5) is 10.1 Å². The summed E-state index contributed by atoms with van der Waals surface area (Å²) in [6, 6.07) is 6.51. The molecule has 2 saturated heterocycles. The third-order valence-electron chi connectivity index (χ3n) is 6.69. The van der Waals surface area contributed by atoms with Crippen LogP contribution in [0.25, 0.3) is 10.9 Å². The largest absolute Gasteiger partial charge is 0.367 e. The molecule has 11 heteroatoms. The van der Waals surface area contributed by atoms with Crippen LogP contribution >= 0.6 is 0 Å². The quantitative estimate of drug-likeness (QED) is 0.559. The fourth-order valence-electron chi connectivity index (χ4n) is 4.89. The van der Waals surface area contributed by atoms with Gasteiger partial charge < -0.3 is 14.4 Å². The van der Waals surface area contributed by atoms with E-state index in [1.54, 1.807) is 25.5 Å². The first-order valence-corrected chi connectivity index (χ1v) is 12.8. The maximum absolute atomic E-state index is 13.6. The van der Waals surface area contributed by atoms with Gasteiger partial charge in [-0.2, -0.15) is 4.31 Å². The average molecular weight is 487 g/mol. The molecule has 1 unspecified atom stereocenters. The van der Waals surface area contributed by atoms with Gasteiger partial charge in [0.2, 0.25) is 11.1 Å². The summed E-state index contributed by atoms with van der Waals surface area (Å²) in [5, 5.41) is 0.879. The Morgan fingerprint density at radius 1 is 1.06 bits per heavy atom. The van der Waals surface area contributed by atoms with Crippen molar-refractivity contribution in [1.82, 2.24) is 23.7 Å². The van der Waals surface area contributed by atoms with E-state index in [4.69, 9.17) is 0 Å². The Morgan fingerprint density at radius 2 is 1.85 bits per heavy atom. The number of hydrogen-bond donors (Lipinski definition) is 0. The number of aromatic nitrogens is 3. The first kappa shape index (κ1) is 22.7. The molecule has 9 nitrogen and oxygen atoms in total. The third-order valence-corrected chi connectivity index (χ3v) is 8.56. The van der Waals surface area contributed by atoms with E-state index in [2.05, 4.69) is 14.9 Å². The second-order valence-electron chi connectivity index (χ2n) is 8.83. The van der Waals surface area contributed by atoms with Gasteiger partial charge in [-0.15, -0.1) is 0 Å². The van der Waals surface area contributed by atoms with Crippen molar-refractivity contribution < 1.29 is 17.6 Å². The fourth-order valence-corrected chi connectivity index (χ4v) is 6.48. The highest BCUT2D eigenvalue weighted by Crippen LogP contribution is 2.28. The number of imidazole rings is 1. The Hall–Kier alpha value is -3.05. The van der Waals surface area contributed by atoms with Crippen LogP contribution in [0.2, 0.25) is 0 Å². The summed E-state index contributed by atoms with van der Waals surface area (Å²) in [5.41, 5.74) is 1.58. The summed E-state index contributed by atoms with van der Waals surface area (Å²) in [5.74, 6) is -0.680. The van der Waals surface area contributed by atoms with E-state index < -0.39 is 10.0 Å². The highest BCUT2D eigenvalue weighted by molar-refractivity contribution is 7.89. The summed E-state index contributed by atoms with van der Waals surface area (Å²) in [4.78, 5) is 25.6. The van der Waals surface area contributed by atoms with E-state index in [0.717, 1.165) is 11.1 Å². The standard InChI is InChI=1S/C23H27FN6O3S/c1-27-10-8-26-23(27)34(32,33)30-9-2-3-17(16-30)22(31)29-13-11-28(12-14-29)21-6-7-25-20-15-18(24)4-5-19(20)21/h4-8,10,15,17H,2-3,9,11-14,16H2,1H3. The number of rotatable bonds is 4. The number of pyridine rings is 1. The Kier molecular flexibility index (Phi) is 5.98. The highest BCUT2D eigenvalue weighted by Gasteiger charge is 2.37. The van der Waals surface area contributed by atoms with Gasteiger partial charge >= 0.3 is 0 Å². The van der Waals surface area contributed by atoms with E-state index in [1.807, 2.05) is 11.0 Å². The minimum Gasteiger partial charge on any atom is -0.367 e. The number of halogens is 1. The van der Waals surface area contributed by atoms with Gasteiger partial charge in [-0.1, -0.05) is 0 Å².